The summed E-state index contributed by atoms with van der Waals surface area (Å²) in [7, 11) is 1.88. The van der Waals surface area contributed by atoms with E-state index in [0.717, 1.165) is 196 Å². The number of likely N-dealkylation sites (tertiary alicyclic amines) is 1. The van der Waals surface area contributed by atoms with Crippen LogP contribution in [0.15, 0.2) is 164 Å². The number of benzene rings is 7. The summed E-state index contributed by atoms with van der Waals surface area (Å²) in [6, 6.07) is 53.2. The number of hydrogen-bond acceptors (Lipinski definition) is 22. The fourth-order valence-corrected chi connectivity index (χ4v) is 20.9. The highest BCUT2D eigenvalue weighted by atomic mass is 32.1. The second-order valence-corrected chi connectivity index (χ2v) is 39.4. The van der Waals surface area contributed by atoms with E-state index in [1.807, 2.05) is 207 Å². The molecule has 4 amide bonds. The molecule has 0 bridgehead atoms. The molecule has 4 aliphatic heterocycles. The van der Waals surface area contributed by atoms with Gasteiger partial charge in [0, 0.05) is 92.9 Å². The Morgan fingerprint density at radius 2 is 1.01 bits per heavy atom. The minimum absolute atomic E-state index is 0.109. The number of piperidine rings is 2. The summed E-state index contributed by atoms with van der Waals surface area (Å²) in [5, 5.41) is 15.2. The molecule has 2 aliphatic carbocycles. The average molecular weight is 1790 g/mol. The molecule has 26 heteroatoms. The van der Waals surface area contributed by atoms with Crippen LogP contribution in [-0.2, 0) is 56.8 Å². The number of hydrogen-bond donors (Lipinski definition) is 3. The van der Waals surface area contributed by atoms with E-state index in [4.69, 9.17) is 33.7 Å². The van der Waals surface area contributed by atoms with E-state index in [9.17, 15) is 33.6 Å². The number of anilines is 4. The van der Waals surface area contributed by atoms with Crippen molar-refractivity contribution in [1.82, 2.24) is 39.9 Å². The maximum Gasteiger partial charge on any atom is 0.358 e. The number of imide groups is 1. The lowest BCUT2D eigenvalue weighted by atomic mass is 9.84. The van der Waals surface area contributed by atoms with Gasteiger partial charge >= 0.3 is 11.9 Å². The van der Waals surface area contributed by atoms with E-state index in [1.165, 1.54) is 35.5 Å². The third kappa shape index (κ3) is 20.9. The van der Waals surface area contributed by atoms with Crippen LogP contribution in [0.1, 0.15) is 231 Å². The van der Waals surface area contributed by atoms with Gasteiger partial charge in [0.05, 0.1) is 49.8 Å². The minimum Gasteiger partial charge on any atom is -0.490 e. The highest BCUT2D eigenvalue weighted by Crippen LogP contribution is 2.43. The SMILES string of the molecule is Cc1c(OC2CCC(CCC=O)CC2)cccc1-c1ccc(N2CCc3cccc(C(=O)Nc4nc5ccccc5s4)c3C2)nc1C(=O)OC(C)(C)C.Cc1c(OC2CCC(CCCN3CCC(Oc4ccc5c(C6CCC(=O)NC6=O)nn(C)c5c4)CC3)CC2)cccc1-c1ccc(N2CCc3cccc(C(=O)Nc4nc5ccccc5s4)c3C2)nc1C(=O)OC(C)(C)C. The van der Waals surface area contributed by atoms with Gasteiger partial charge in [0.15, 0.2) is 21.7 Å². The van der Waals surface area contributed by atoms with Gasteiger partial charge in [-0.25, -0.2) is 29.5 Å². The van der Waals surface area contributed by atoms with Crippen LogP contribution in [0.25, 0.3) is 53.6 Å². The van der Waals surface area contributed by atoms with Crippen molar-refractivity contribution >= 4 is 118 Å². The van der Waals surface area contributed by atoms with Gasteiger partial charge in [-0.3, -0.25) is 39.8 Å². The van der Waals surface area contributed by atoms with Gasteiger partial charge in [-0.05, 0) is 306 Å². The van der Waals surface area contributed by atoms with E-state index in [-0.39, 0.29) is 53.3 Å². The number of aromatic nitrogens is 6. The fraction of sp³-hybridized carbons (Fsp3) is 0.404. The normalized spacial score (nSPS) is 18.6. The van der Waals surface area contributed by atoms with Crippen LogP contribution in [0, 0.1) is 25.7 Å². The zero-order valence-electron chi connectivity index (χ0n) is 75.5. The average Bonchev–Trinajstić information content (AvgIpc) is 1.73. The Morgan fingerprint density at radius 1 is 0.515 bits per heavy atom. The van der Waals surface area contributed by atoms with Crippen LogP contribution >= 0.6 is 22.7 Å². The van der Waals surface area contributed by atoms with Crippen molar-refractivity contribution in [1.29, 1.82) is 0 Å². The molecule has 2 saturated heterocycles. The molecule has 9 heterocycles. The van der Waals surface area contributed by atoms with Crippen LogP contribution in [0.3, 0.4) is 0 Å². The molecule has 12 aromatic rings. The number of nitrogens with zero attached hydrogens (tertiary/aromatic N) is 9. The third-order valence-corrected chi connectivity index (χ3v) is 27.9. The van der Waals surface area contributed by atoms with E-state index >= 15 is 0 Å². The highest BCUT2D eigenvalue weighted by molar-refractivity contribution is 7.22. The third-order valence-electron chi connectivity index (χ3n) is 26.0. The Bertz CT molecular complexity index is 6170. The number of amides is 4. The quantitative estimate of drug-likeness (QED) is 0.0288. The summed E-state index contributed by atoms with van der Waals surface area (Å²) in [6.07, 6.45) is 17.8. The molecule has 0 spiro atoms. The predicted octanol–water partition coefficient (Wildman–Crippen LogP) is 20.5. The number of carbonyl (C=O) groups excluding carboxylic acids is 7. The van der Waals surface area contributed by atoms with Crippen molar-refractivity contribution in [3.63, 3.8) is 0 Å². The van der Waals surface area contributed by atoms with Crippen molar-refractivity contribution in [3.8, 4) is 39.5 Å². The Hall–Kier alpha value is -12.3. The zero-order chi connectivity index (χ0) is 90.5. The van der Waals surface area contributed by atoms with Crippen LogP contribution in [0.4, 0.5) is 21.9 Å². The number of esters is 2. The molecular weight excluding hydrogens is 1670 g/mol. The maximum atomic E-state index is 14.1. The molecule has 2 saturated carbocycles. The number of aldehydes is 1. The number of ether oxygens (including phenoxy) is 5. The summed E-state index contributed by atoms with van der Waals surface area (Å²) in [5.74, 6) is 2.63. The number of pyridine rings is 2. The fourth-order valence-electron chi connectivity index (χ4n) is 19.2. The molecule has 18 rings (SSSR count). The second-order valence-electron chi connectivity index (χ2n) is 37.4. The number of thiazole rings is 2. The molecule has 5 aromatic heterocycles. The lowest BCUT2D eigenvalue weighted by Crippen LogP contribution is -2.39. The number of para-hydroxylation sites is 2. The standard InChI is InChI=1S/C61H68N8O7S.C43H46N4O5S/c1-37-43(44-24-26-53(63-56(44)59(73)76-61(2,3)4)69-34-28-39-12-8-14-45(48(39)36-69)57(71)65-60-62-49-15-6-7-17-52(49)77-60)13-9-16-51(37)75-40-20-18-38(19-21-40)11-10-31-68-32-29-41(30-33-68)74-42-22-23-46-50(35-42)67(5)66-55(46)47-25-27-54(70)64-58(47)72;1-27-31(12-8-15-36(27)51-30-19-17-28(18-20-30)10-9-25-48)32-21-22-38(45-39(32)41(50)52-43(2,3)4)47-24-23-29-11-7-13-33(34(29)26-47)40(49)46-42-44-35-14-5-6-16-37(35)53-42/h6-9,12-17,22-24,26,35,38,40-41,47H,10-11,18-21,25,27-34,36H2,1-5H3,(H,62,65,71)(H,64,70,72);5-8,11-16,21-22,25,28,30H,9-10,17-20,23-24,26H2,1-4H3,(H,44,46,49). The number of aryl methyl sites for hydroxylation is 1. The summed E-state index contributed by atoms with van der Waals surface area (Å²) in [6.45, 7) is 20.6. The molecule has 674 valence electrons. The smallest absolute Gasteiger partial charge is 0.358 e. The summed E-state index contributed by atoms with van der Waals surface area (Å²) in [4.78, 5) is 117. The first-order chi connectivity index (χ1) is 62.7. The molecule has 1 atom stereocenters. The Balaban J connectivity index is 0.000000195. The first kappa shape index (κ1) is 89.7. The van der Waals surface area contributed by atoms with Crippen molar-refractivity contribution < 1.29 is 57.2 Å². The Morgan fingerprint density at radius 3 is 1.50 bits per heavy atom. The maximum absolute atomic E-state index is 14.1. The summed E-state index contributed by atoms with van der Waals surface area (Å²) in [5.41, 5.74) is 12.6. The van der Waals surface area contributed by atoms with Crippen LogP contribution < -0.4 is 40.0 Å². The molecule has 3 N–H and O–H groups in total. The predicted molar refractivity (Wildman–Crippen MR) is 510 cm³/mol. The highest BCUT2D eigenvalue weighted by Gasteiger charge is 2.36. The molecule has 4 fully saturated rings. The molecule has 0 radical (unpaired) electrons. The van der Waals surface area contributed by atoms with Gasteiger partial charge < -0.3 is 43.2 Å². The van der Waals surface area contributed by atoms with E-state index in [0.29, 0.717) is 114 Å². The van der Waals surface area contributed by atoms with E-state index in [1.54, 1.807) is 4.68 Å². The molecule has 24 nitrogen and oxygen atoms in total. The first-order valence-corrected chi connectivity index (χ1v) is 47.6. The van der Waals surface area contributed by atoms with Crippen LogP contribution in [0.5, 0.6) is 17.2 Å². The number of fused-ring (bicyclic) bond motifs is 5. The Labute approximate surface area is 766 Å². The lowest BCUT2D eigenvalue weighted by molar-refractivity contribution is -0.134. The minimum atomic E-state index is -0.733. The molecule has 7 aromatic carbocycles. The zero-order valence-corrected chi connectivity index (χ0v) is 77.2. The van der Waals surface area contributed by atoms with E-state index in [2.05, 4.69) is 64.8 Å². The van der Waals surface area contributed by atoms with Gasteiger partial charge in [0.1, 0.15) is 52.5 Å². The van der Waals surface area contributed by atoms with Crippen molar-refractivity contribution in [3.05, 3.63) is 225 Å². The molecular formula is C104H114N12O12S2. The number of carbonyl (C=O) groups is 7. The van der Waals surface area contributed by atoms with Crippen LogP contribution in [0.2, 0.25) is 0 Å². The number of rotatable bonds is 24. The summed E-state index contributed by atoms with van der Waals surface area (Å²) >= 11 is 2.90. The molecule has 6 aliphatic rings. The van der Waals surface area contributed by atoms with E-state index < -0.39 is 29.1 Å². The first-order valence-electron chi connectivity index (χ1n) is 46.0. The van der Waals surface area contributed by atoms with Crippen LogP contribution in [-0.4, -0.2) is 139 Å². The van der Waals surface area contributed by atoms with Gasteiger partial charge in [-0.15, -0.1) is 0 Å². The van der Waals surface area contributed by atoms with Gasteiger partial charge in [-0.1, -0.05) is 95.5 Å². The van der Waals surface area contributed by atoms with Crippen molar-refractivity contribution in [2.75, 3.05) is 53.2 Å². The van der Waals surface area contributed by atoms with Gasteiger partial charge in [0.2, 0.25) is 11.8 Å². The van der Waals surface area contributed by atoms with Gasteiger partial charge in [0.25, 0.3) is 11.8 Å². The topological polar surface area (TPSA) is 281 Å². The van der Waals surface area contributed by atoms with Crippen molar-refractivity contribution in [2.24, 2.45) is 18.9 Å². The Kier molecular flexibility index (Phi) is 27.0. The molecule has 1 unspecified atom stereocenters. The monoisotopic (exact) mass is 1790 g/mol. The summed E-state index contributed by atoms with van der Waals surface area (Å²) < 4.78 is 35.6. The second kappa shape index (κ2) is 39.2. The lowest BCUT2D eigenvalue weighted by Gasteiger charge is -2.33. The number of nitrogens with one attached hydrogen (secondary N) is 3. The van der Waals surface area contributed by atoms with Crippen molar-refractivity contribution in [2.45, 2.75) is 219 Å². The van der Waals surface area contributed by atoms with Gasteiger partial charge in [-0.2, -0.15) is 5.10 Å². The largest absolute Gasteiger partial charge is 0.490 e. The molecule has 130 heavy (non-hydrogen) atoms.